The first kappa shape index (κ1) is 20.9. The van der Waals surface area contributed by atoms with Crippen molar-refractivity contribution >= 4 is 23.7 Å². The van der Waals surface area contributed by atoms with Crippen LogP contribution in [0.25, 0.3) is 0 Å². The molecule has 2 N–H and O–H groups in total. The maximum atomic E-state index is 12.9. The zero-order valence-electron chi connectivity index (χ0n) is 18.2. The number of hydrogen-bond acceptors (Lipinski definition) is 4. The summed E-state index contributed by atoms with van der Waals surface area (Å²) in [4.78, 5) is 27.3. The molecule has 0 saturated heterocycles. The summed E-state index contributed by atoms with van der Waals surface area (Å²) >= 11 is 0. The van der Waals surface area contributed by atoms with E-state index < -0.39 is 0 Å². The first-order valence-electron chi connectivity index (χ1n) is 11.5. The first-order chi connectivity index (χ1) is 14.5. The lowest BCUT2D eigenvalue weighted by molar-refractivity contribution is -0.147. The number of hydrogen-bond donors (Lipinski definition) is 2. The summed E-state index contributed by atoms with van der Waals surface area (Å²) in [7, 11) is 0. The Labute approximate surface area is 179 Å². The lowest BCUT2D eigenvalue weighted by atomic mass is 9.49. The second kappa shape index (κ2) is 8.78. The molecule has 162 valence electrons. The molecular weight excluding hydrogens is 376 g/mol. The van der Waals surface area contributed by atoms with Crippen LogP contribution in [-0.4, -0.2) is 37.7 Å². The summed E-state index contributed by atoms with van der Waals surface area (Å²) in [6, 6.07) is 8.08. The monoisotopic (exact) mass is 410 g/mol. The van der Waals surface area contributed by atoms with E-state index in [2.05, 4.69) is 46.7 Å². The average molecular weight is 411 g/mol. The number of amides is 2. The van der Waals surface area contributed by atoms with Crippen LogP contribution in [0.1, 0.15) is 57.9 Å². The molecule has 4 saturated carbocycles. The number of anilines is 1. The lowest BCUT2D eigenvalue weighted by Gasteiger charge is -2.55. The SMILES string of the molecule is CCN(CC)c1ccc(C=NNC(=O)CNC(=O)C23CC4CC(CC(C4)C2)C3)cc1. The molecule has 1 aromatic carbocycles. The van der Waals surface area contributed by atoms with Crippen molar-refractivity contribution in [2.45, 2.75) is 52.4 Å². The van der Waals surface area contributed by atoms with Gasteiger partial charge in [-0.1, -0.05) is 12.1 Å². The zero-order chi connectivity index (χ0) is 21.1. The summed E-state index contributed by atoms with van der Waals surface area (Å²) in [5, 5.41) is 6.93. The van der Waals surface area contributed by atoms with Gasteiger partial charge in [0.1, 0.15) is 0 Å². The van der Waals surface area contributed by atoms with Gasteiger partial charge in [-0.25, -0.2) is 5.43 Å². The molecule has 0 atom stereocenters. The van der Waals surface area contributed by atoms with Gasteiger partial charge in [0.2, 0.25) is 5.91 Å². The van der Waals surface area contributed by atoms with Gasteiger partial charge in [-0.05, 0) is 87.8 Å². The quantitative estimate of drug-likeness (QED) is 0.510. The van der Waals surface area contributed by atoms with Gasteiger partial charge in [-0.15, -0.1) is 0 Å². The number of carbonyl (C=O) groups is 2. The van der Waals surface area contributed by atoms with Gasteiger partial charge in [0.25, 0.3) is 5.91 Å². The predicted molar refractivity (Wildman–Crippen MR) is 119 cm³/mol. The lowest BCUT2D eigenvalue weighted by Crippen LogP contribution is -2.54. The van der Waals surface area contributed by atoms with E-state index in [-0.39, 0.29) is 23.8 Å². The minimum atomic E-state index is -0.288. The third-order valence-electron chi connectivity index (χ3n) is 7.35. The van der Waals surface area contributed by atoms with Crippen LogP contribution in [0.4, 0.5) is 5.69 Å². The highest BCUT2D eigenvalue weighted by molar-refractivity contribution is 5.89. The number of benzene rings is 1. The highest BCUT2D eigenvalue weighted by atomic mass is 16.2. The minimum absolute atomic E-state index is 0.0151. The fourth-order valence-corrected chi connectivity index (χ4v) is 6.32. The largest absolute Gasteiger partial charge is 0.372 e. The molecule has 2 amide bonds. The summed E-state index contributed by atoms with van der Waals surface area (Å²) in [5.74, 6) is 1.94. The Morgan fingerprint density at radius 3 is 2.13 bits per heavy atom. The Hall–Kier alpha value is -2.37. The van der Waals surface area contributed by atoms with Gasteiger partial charge in [0, 0.05) is 24.2 Å². The molecule has 30 heavy (non-hydrogen) atoms. The standard InChI is InChI=1S/C24H34N4O2/c1-3-28(4-2)21-7-5-17(6-8-21)15-26-27-22(29)16-25-23(30)24-12-18-9-19(13-24)11-20(10-18)14-24/h5-8,15,18-20H,3-4,9-14,16H2,1-2H3,(H,25,30)(H,27,29). The number of nitrogens with zero attached hydrogens (tertiary/aromatic N) is 2. The van der Waals surface area contributed by atoms with Crippen molar-refractivity contribution in [1.82, 2.24) is 10.7 Å². The van der Waals surface area contributed by atoms with Crippen molar-refractivity contribution in [3.63, 3.8) is 0 Å². The summed E-state index contributed by atoms with van der Waals surface area (Å²) < 4.78 is 0. The van der Waals surface area contributed by atoms with Gasteiger partial charge in [-0.2, -0.15) is 5.10 Å². The molecular formula is C24H34N4O2. The summed E-state index contributed by atoms with van der Waals surface area (Å²) in [6.07, 6.45) is 8.56. The van der Waals surface area contributed by atoms with E-state index in [9.17, 15) is 9.59 Å². The second-order valence-electron chi connectivity index (χ2n) is 9.44. The van der Waals surface area contributed by atoms with Gasteiger partial charge < -0.3 is 10.2 Å². The van der Waals surface area contributed by atoms with Crippen LogP contribution in [0, 0.1) is 23.2 Å². The van der Waals surface area contributed by atoms with E-state index in [4.69, 9.17) is 0 Å². The molecule has 1 aromatic rings. The Bertz CT molecular complexity index is 763. The Morgan fingerprint density at radius 1 is 1.03 bits per heavy atom. The van der Waals surface area contributed by atoms with E-state index in [1.54, 1.807) is 6.21 Å². The van der Waals surface area contributed by atoms with Crippen LogP contribution in [0.5, 0.6) is 0 Å². The zero-order valence-corrected chi connectivity index (χ0v) is 18.2. The molecule has 6 heteroatoms. The van der Waals surface area contributed by atoms with Crippen molar-refractivity contribution < 1.29 is 9.59 Å². The van der Waals surface area contributed by atoms with Crippen molar-refractivity contribution in [3.8, 4) is 0 Å². The maximum Gasteiger partial charge on any atom is 0.259 e. The van der Waals surface area contributed by atoms with Gasteiger partial charge in [-0.3, -0.25) is 9.59 Å². The molecule has 5 rings (SSSR count). The number of rotatable bonds is 8. The average Bonchev–Trinajstić information content (AvgIpc) is 2.73. The Morgan fingerprint density at radius 2 is 1.60 bits per heavy atom. The van der Waals surface area contributed by atoms with Gasteiger partial charge >= 0.3 is 0 Å². The fourth-order valence-electron chi connectivity index (χ4n) is 6.32. The van der Waals surface area contributed by atoms with Gasteiger partial charge in [0.15, 0.2) is 0 Å². The van der Waals surface area contributed by atoms with Crippen LogP contribution in [0.3, 0.4) is 0 Å². The van der Waals surface area contributed by atoms with Crippen molar-refractivity contribution in [2.75, 3.05) is 24.5 Å². The minimum Gasteiger partial charge on any atom is -0.372 e. The van der Waals surface area contributed by atoms with E-state index in [0.29, 0.717) is 17.8 Å². The Kier molecular flexibility index (Phi) is 6.11. The summed E-state index contributed by atoms with van der Waals surface area (Å²) in [6.45, 7) is 6.19. The molecule has 4 bridgehead atoms. The molecule has 0 unspecified atom stereocenters. The molecule has 0 spiro atoms. The van der Waals surface area contributed by atoms with Crippen LogP contribution in [0.15, 0.2) is 29.4 Å². The Balaban J connectivity index is 1.24. The smallest absolute Gasteiger partial charge is 0.259 e. The topological polar surface area (TPSA) is 73.8 Å². The molecule has 4 aliphatic rings. The van der Waals surface area contributed by atoms with Crippen molar-refractivity contribution in [1.29, 1.82) is 0 Å². The molecule has 0 aliphatic heterocycles. The number of carbonyl (C=O) groups excluding carboxylic acids is 2. The normalized spacial score (nSPS) is 29.2. The van der Waals surface area contributed by atoms with Crippen LogP contribution in [0.2, 0.25) is 0 Å². The highest BCUT2D eigenvalue weighted by Crippen LogP contribution is 2.60. The molecule has 4 fully saturated rings. The van der Waals surface area contributed by atoms with Crippen molar-refractivity contribution in [3.05, 3.63) is 29.8 Å². The van der Waals surface area contributed by atoms with E-state index in [1.165, 1.54) is 24.9 Å². The predicted octanol–water partition coefficient (Wildman–Crippen LogP) is 3.32. The van der Waals surface area contributed by atoms with E-state index in [1.807, 2.05) is 12.1 Å². The van der Waals surface area contributed by atoms with Crippen LogP contribution < -0.4 is 15.6 Å². The van der Waals surface area contributed by atoms with Crippen LogP contribution >= 0.6 is 0 Å². The number of hydrazone groups is 1. The summed E-state index contributed by atoms with van der Waals surface area (Å²) in [5.41, 5.74) is 4.40. The third-order valence-corrected chi connectivity index (χ3v) is 7.35. The third kappa shape index (κ3) is 4.37. The second-order valence-corrected chi connectivity index (χ2v) is 9.44. The molecule has 0 heterocycles. The molecule has 0 aromatic heterocycles. The van der Waals surface area contributed by atoms with E-state index in [0.717, 1.165) is 37.9 Å². The number of nitrogens with one attached hydrogen (secondary N) is 2. The molecule has 0 radical (unpaired) electrons. The maximum absolute atomic E-state index is 12.9. The van der Waals surface area contributed by atoms with Crippen LogP contribution in [-0.2, 0) is 9.59 Å². The highest BCUT2D eigenvalue weighted by Gasteiger charge is 2.54. The fraction of sp³-hybridized carbons (Fsp3) is 0.625. The van der Waals surface area contributed by atoms with Crippen molar-refractivity contribution in [2.24, 2.45) is 28.3 Å². The van der Waals surface area contributed by atoms with Gasteiger partial charge in [0.05, 0.1) is 12.8 Å². The molecule has 6 nitrogen and oxygen atoms in total. The molecule has 4 aliphatic carbocycles. The first-order valence-corrected chi connectivity index (χ1v) is 11.5. The van der Waals surface area contributed by atoms with E-state index >= 15 is 0 Å².